The van der Waals surface area contributed by atoms with Gasteiger partial charge in [-0.15, -0.1) is 0 Å². The fraction of sp³-hybridized carbons (Fsp3) is 1.00. The highest BCUT2D eigenvalue weighted by Crippen LogP contribution is 2.43. The average molecular weight is 150 g/mol. The number of hydrogen-bond acceptors (Lipinski definition) is 0. The molecule has 4 atom stereocenters. The molecule has 4 rings (SSSR count). The van der Waals surface area contributed by atoms with E-state index in [-0.39, 0.29) is 0 Å². The maximum Gasteiger partial charge on any atom is 0.0254 e. The van der Waals surface area contributed by atoms with Crippen molar-refractivity contribution in [3.63, 3.8) is 0 Å². The van der Waals surface area contributed by atoms with Crippen LogP contribution in [0, 0.1) is 11.8 Å². The smallest absolute Gasteiger partial charge is 0.0254 e. The lowest BCUT2D eigenvalue weighted by atomic mass is 9.76. The molecule has 2 aliphatic heterocycles. The van der Waals surface area contributed by atoms with Gasteiger partial charge in [0.05, 0.1) is 0 Å². The molecular weight excluding hydrogens is 134 g/mol. The Morgan fingerprint density at radius 1 is 0.727 bits per heavy atom. The van der Waals surface area contributed by atoms with Crippen molar-refractivity contribution >= 4 is 0 Å². The molecule has 2 aliphatic carbocycles. The highest BCUT2D eigenvalue weighted by atomic mass is 15.0. The van der Waals surface area contributed by atoms with Crippen LogP contribution in [0.5, 0.6) is 0 Å². The van der Waals surface area contributed by atoms with Crippen LogP contribution in [0.2, 0.25) is 0 Å². The van der Waals surface area contributed by atoms with Crippen LogP contribution in [0.1, 0.15) is 38.5 Å². The van der Waals surface area contributed by atoms with Crippen molar-refractivity contribution in [1.82, 2.24) is 5.32 Å². The summed E-state index contributed by atoms with van der Waals surface area (Å²) in [5, 5.41) is 4.86. The van der Waals surface area contributed by atoms with Gasteiger partial charge in [0.15, 0.2) is 0 Å². The van der Waals surface area contributed by atoms with Gasteiger partial charge in [0.1, 0.15) is 0 Å². The van der Waals surface area contributed by atoms with E-state index in [0.717, 1.165) is 23.9 Å². The van der Waals surface area contributed by atoms with Crippen molar-refractivity contribution in [3.05, 3.63) is 0 Å². The molecule has 2 saturated carbocycles. The van der Waals surface area contributed by atoms with E-state index in [9.17, 15) is 0 Å². The number of hydrogen-bond donors (Lipinski definition) is 0. The zero-order valence-electron chi connectivity index (χ0n) is 7.00. The molecule has 11 heavy (non-hydrogen) atoms. The highest BCUT2D eigenvalue weighted by molar-refractivity contribution is 4.95. The molecule has 0 aromatic carbocycles. The van der Waals surface area contributed by atoms with Crippen LogP contribution in [0.15, 0.2) is 0 Å². The first-order valence-corrected chi connectivity index (χ1v) is 5.10. The van der Waals surface area contributed by atoms with Gasteiger partial charge in [-0.1, -0.05) is 0 Å². The molecule has 1 heteroatoms. The summed E-state index contributed by atoms with van der Waals surface area (Å²) in [6.45, 7) is 0. The Labute approximate surface area is 68.6 Å². The van der Waals surface area contributed by atoms with E-state index in [1.807, 2.05) is 0 Å². The Morgan fingerprint density at radius 3 is 2.45 bits per heavy atom. The molecular formula is C10H16N. The van der Waals surface area contributed by atoms with Gasteiger partial charge in [0.25, 0.3) is 0 Å². The maximum atomic E-state index is 4.86. The van der Waals surface area contributed by atoms with Gasteiger partial charge in [-0.25, -0.2) is 5.32 Å². The van der Waals surface area contributed by atoms with Crippen LogP contribution in [-0.4, -0.2) is 12.1 Å². The molecule has 1 radical (unpaired) electrons. The van der Waals surface area contributed by atoms with Crippen LogP contribution in [-0.2, 0) is 0 Å². The second kappa shape index (κ2) is 2.22. The van der Waals surface area contributed by atoms with E-state index >= 15 is 0 Å². The summed E-state index contributed by atoms with van der Waals surface area (Å²) in [5.74, 6) is 2.14. The average Bonchev–Trinajstić information content (AvgIpc) is 2.18. The van der Waals surface area contributed by atoms with Gasteiger partial charge < -0.3 is 0 Å². The van der Waals surface area contributed by atoms with Gasteiger partial charge in [-0.2, -0.15) is 0 Å². The predicted octanol–water partition coefficient (Wildman–Crippen LogP) is 1.94. The second-order valence-electron chi connectivity index (χ2n) is 4.71. The Hall–Kier alpha value is -0.0400. The molecule has 2 saturated heterocycles. The summed E-state index contributed by atoms with van der Waals surface area (Å²) < 4.78 is 0. The lowest BCUT2D eigenvalue weighted by molar-refractivity contribution is 0.168. The zero-order chi connectivity index (χ0) is 7.26. The Kier molecular flexibility index (Phi) is 1.31. The van der Waals surface area contributed by atoms with E-state index in [1.165, 1.54) is 32.1 Å². The monoisotopic (exact) mass is 150 g/mol. The first kappa shape index (κ1) is 6.47. The van der Waals surface area contributed by atoms with E-state index in [2.05, 4.69) is 0 Å². The van der Waals surface area contributed by atoms with Gasteiger partial charge in [-0.3, -0.25) is 0 Å². The summed E-state index contributed by atoms with van der Waals surface area (Å²) >= 11 is 0. The predicted molar refractivity (Wildman–Crippen MR) is 44.4 cm³/mol. The molecule has 0 spiro atoms. The highest BCUT2D eigenvalue weighted by Gasteiger charge is 2.39. The van der Waals surface area contributed by atoms with Gasteiger partial charge in [-0.05, 0) is 50.4 Å². The Balaban J connectivity index is 1.90. The van der Waals surface area contributed by atoms with Crippen molar-refractivity contribution in [3.8, 4) is 0 Å². The largest absolute Gasteiger partial charge is 0.235 e. The zero-order valence-corrected chi connectivity index (χ0v) is 7.00. The van der Waals surface area contributed by atoms with Crippen LogP contribution in [0.3, 0.4) is 0 Å². The van der Waals surface area contributed by atoms with E-state index in [1.54, 1.807) is 6.42 Å². The van der Waals surface area contributed by atoms with Crippen LogP contribution < -0.4 is 5.32 Å². The van der Waals surface area contributed by atoms with E-state index in [4.69, 9.17) is 5.32 Å². The van der Waals surface area contributed by atoms with Gasteiger partial charge in [0, 0.05) is 12.1 Å². The minimum Gasteiger partial charge on any atom is -0.235 e. The molecule has 0 N–H and O–H groups in total. The fourth-order valence-corrected chi connectivity index (χ4v) is 3.44. The van der Waals surface area contributed by atoms with Crippen LogP contribution >= 0.6 is 0 Å². The molecule has 4 fully saturated rings. The third-order valence-corrected chi connectivity index (χ3v) is 3.81. The molecule has 61 valence electrons. The fourth-order valence-electron chi connectivity index (χ4n) is 3.44. The summed E-state index contributed by atoms with van der Waals surface area (Å²) in [6.07, 6.45) is 8.76. The molecule has 0 aromatic rings. The molecule has 0 aromatic heterocycles. The topological polar surface area (TPSA) is 14.1 Å². The third-order valence-electron chi connectivity index (χ3n) is 3.81. The lowest BCUT2D eigenvalue weighted by Gasteiger charge is -2.37. The number of nitrogens with zero attached hydrogens (tertiary/aromatic N) is 1. The number of fused-ring (bicyclic) bond motifs is 1. The summed E-state index contributed by atoms with van der Waals surface area (Å²) in [4.78, 5) is 0. The SMILES string of the molecule is C1CC2CC3CC1CC(C3)[N]2. The molecule has 4 bridgehead atoms. The van der Waals surface area contributed by atoms with Crippen molar-refractivity contribution in [1.29, 1.82) is 0 Å². The van der Waals surface area contributed by atoms with Crippen LogP contribution in [0.25, 0.3) is 0 Å². The number of rotatable bonds is 0. The minimum atomic E-state index is 0.784. The third kappa shape index (κ3) is 1.01. The first-order chi connectivity index (χ1) is 5.40. The van der Waals surface area contributed by atoms with Crippen molar-refractivity contribution < 1.29 is 0 Å². The minimum absolute atomic E-state index is 0.784. The normalized spacial score (nSPS) is 54.5. The lowest BCUT2D eigenvalue weighted by Crippen LogP contribution is -2.41. The summed E-state index contributed by atoms with van der Waals surface area (Å²) in [5.41, 5.74) is 0. The first-order valence-electron chi connectivity index (χ1n) is 5.10. The quantitative estimate of drug-likeness (QED) is 0.501. The molecule has 1 nitrogen and oxygen atoms in total. The number of piperidine rings is 1. The van der Waals surface area contributed by atoms with Crippen molar-refractivity contribution in [2.24, 2.45) is 11.8 Å². The molecule has 2 heterocycles. The van der Waals surface area contributed by atoms with Crippen LogP contribution in [0.4, 0.5) is 0 Å². The second-order valence-corrected chi connectivity index (χ2v) is 4.71. The molecule has 4 aliphatic rings. The van der Waals surface area contributed by atoms with E-state index in [0.29, 0.717) is 0 Å². The van der Waals surface area contributed by atoms with E-state index < -0.39 is 0 Å². The maximum absolute atomic E-state index is 4.86. The van der Waals surface area contributed by atoms with Gasteiger partial charge in [0.2, 0.25) is 0 Å². The Bertz CT molecular complexity index is 132. The molecule has 4 unspecified atom stereocenters. The Morgan fingerprint density at radius 2 is 1.55 bits per heavy atom. The molecule has 0 amide bonds. The summed E-state index contributed by atoms with van der Waals surface area (Å²) in [7, 11) is 0. The van der Waals surface area contributed by atoms with Crippen molar-refractivity contribution in [2.75, 3.05) is 0 Å². The standard InChI is InChI=1S/C10H16N/c1-2-9-5-8-3-7(1)4-10(6-8)11-9/h7-10H,1-6H2. The van der Waals surface area contributed by atoms with Crippen molar-refractivity contribution in [2.45, 2.75) is 50.6 Å². The summed E-state index contributed by atoms with van der Waals surface area (Å²) in [6, 6.07) is 1.58. The van der Waals surface area contributed by atoms with Gasteiger partial charge >= 0.3 is 0 Å².